The summed E-state index contributed by atoms with van der Waals surface area (Å²) in [4.78, 5) is 6.90. The summed E-state index contributed by atoms with van der Waals surface area (Å²) in [5.74, 6) is 2.59. The summed E-state index contributed by atoms with van der Waals surface area (Å²) in [6, 6.07) is 6.98. The molecule has 156 valence electrons. The Balaban J connectivity index is 1.48. The number of aryl methyl sites for hydroxylation is 1. The number of guanidine groups is 1. The van der Waals surface area contributed by atoms with Crippen LogP contribution in [0.4, 0.5) is 0 Å². The molecule has 0 aromatic heterocycles. The summed E-state index contributed by atoms with van der Waals surface area (Å²) in [6.45, 7) is 7.51. The molecule has 6 nitrogen and oxygen atoms in total. The molecular weight excluding hydrogens is 352 g/mol. The Labute approximate surface area is 169 Å². The van der Waals surface area contributed by atoms with Crippen molar-refractivity contribution in [2.75, 3.05) is 47.0 Å². The average Bonchev–Trinajstić information content (AvgIpc) is 3.43. The maximum absolute atomic E-state index is 6.08. The lowest BCUT2D eigenvalue weighted by Crippen LogP contribution is -2.45. The van der Waals surface area contributed by atoms with Gasteiger partial charge in [0.05, 0.1) is 13.2 Å². The van der Waals surface area contributed by atoms with Crippen molar-refractivity contribution < 1.29 is 9.47 Å². The van der Waals surface area contributed by atoms with Crippen molar-refractivity contribution in [1.29, 1.82) is 0 Å². The van der Waals surface area contributed by atoms with Crippen LogP contribution >= 0.6 is 0 Å². The van der Waals surface area contributed by atoms with Crippen molar-refractivity contribution >= 4 is 5.96 Å². The minimum Gasteiger partial charge on any atom is -0.493 e. The molecule has 1 heterocycles. The van der Waals surface area contributed by atoms with Gasteiger partial charge in [0.2, 0.25) is 0 Å². The lowest BCUT2D eigenvalue weighted by Gasteiger charge is -2.25. The van der Waals surface area contributed by atoms with Gasteiger partial charge in [0, 0.05) is 45.4 Å². The minimum absolute atomic E-state index is 0.547. The van der Waals surface area contributed by atoms with Gasteiger partial charge in [-0.3, -0.25) is 9.89 Å². The van der Waals surface area contributed by atoms with Gasteiger partial charge >= 0.3 is 0 Å². The van der Waals surface area contributed by atoms with Gasteiger partial charge in [-0.25, -0.2) is 0 Å². The Kier molecular flexibility index (Phi) is 7.98. The van der Waals surface area contributed by atoms with E-state index in [9.17, 15) is 0 Å². The molecule has 3 rings (SSSR count). The number of nitrogens with one attached hydrogen (secondary N) is 2. The van der Waals surface area contributed by atoms with Gasteiger partial charge in [0.15, 0.2) is 5.96 Å². The van der Waals surface area contributed by atoms with E-state index in [-0.39, 0.29) is 0 Å². The summed E-state index contributed by atoms with van der Waals surface area (Å²) in [5, 5.41) is 6.94. The lowest BCUT2D eigenvalue weighted by molar-refractivity contribution is 0.141. The van der Waals surface area contributed by atoms with Crippen LogP contribution in [0.2, 0.25) is 0 Å². The van der Waals surface area contributed by atoms with Gasteiger partial charge in [-0.15, -0.1) is 0 Å². The Morgan fingerprint density at radius 1 is 1.25 bits per heavy atom. The fourth-order valence-electron chi connectivity index (χ4n) is 3.68. The molecule has 1 saturated carbocycles. The number of benzene rings is 1. The highest BCUT2D eigenvalue weighted by Gasteiger charge is 2.24. The second-order valence-corrected chi connectivity index (χ2v) is 8.00. The molecule has 1 atom stereocenters. The van der Waals surface area contributed by atoms with Crippen LogP contribution in [0.1, 0.15) is 36.8 Å². The lowest BCUT2D eigenvalue weighted by atomic mass is 10.1. The molecular formula is C22H36N4O2. The molecule has 0 amide bonds. The first kappa shape index (κ1) is 20.9. The van der Waals surface area contributed by atoms with Gasteiger partial charge in [-0.2, -0.15) is 0 Å². The first-order valence-corrected chi connectivity index (χ1v) is 10.6. The summed E-state index contributed by atoms with van der Waals surface area (Å²) < 4.78 is 11.3. The molecule has 28 heavy (non-hydrogen) atoms. The van der Waals surface area contributed by atoms with Crippen LogP contribution in [0.5, 0.6) is 5.75 Å². The predicted octanol–water partition coefficient (Wildman–Crippen LogP) is 2.56. The summed E-state index contributed by atoms with van der Waals surface area (Å²) in [7, 11) is 3.59. The molecule has 2 fully saturated rings. The summed E-state index contributed by atoms with van der Waals surface area (Å²) >= 11 is 0. The first-order chi connectivity index (χ1) is 13.7. The Morgan fingerprint density at radius 2 is 2.11 bits per heavy atom. The van der Waals surface area contributed by atoms with Crippen LogP contribution in [0.15, 0.2) is 23.2 Å². The molecule has 0 spiro atoms. The van der Waals surface area contributed by atoms with Gasteiger partial charge in [-0.05, 0) is 56.7 Å². The monoisotopic (exact) mass is 388 g/mol. The number of hydrogen-bond donors (Lipinski definition) is 2. The highest BCUT2D eigenvalue weighted by atomic mass is 16.5. The highest BCUT2D eigenvalue weighted by Crippen LogP contribution is 2.30. The van der Waals surface area contributed by atoms with Crippen molar-refractivity contribution in [2.45, 2.75) is 45.2 Å². The standard InChI is InChI=1S/C22H36N4O2/c1-17-6-9-19(21(13-17)28-16-18-7-8-18)14-24-22(23-2)25-15-20-5-4-10-26(20)11-12-27-3/h6,9,13,18,20H,4-5,7-8,10-12,14-16H2,1-3H3,(H2,23,24,25). The fraction of sp³-hybridized carbons (Fsp3) is 0.682. The van der Waals surface area contributed by atoms with Gasteiger partial charge in [-0.1, -0.05) is 12.1 Å². The van der Waals surface area contributed by atoms with Crippen molar-refractivity contribution in [3.05, 3.63) is 29.3 Å². The molecule has 1 unspecified atom stereocenters. The molecule has 1 aliphatic carbocycles. The quantitative estimate of drug-likeness (QED) is 0.477. The maximum Gasteiger partial charge on any atom is 0.191 e. The predicted molar refractivity (Wildman–Crippen MR) is 114 cm³/mol. The van der Waals surface area contributed by atoms with E-state index in [1.807, 2.05) is 7.05 Å². The van der Waals surface area contributed by atoms with E-state index < -0.39 is 0 Å². The zero-order chi connectivity index (χ0) is 19.8. The third kappa shape index (κ3) is 6.38. The Morgan fingerprint density at radius 3 is 2.86 bits per heavy atom. The number of hydrogen-bond acceptors (Lipinski definition) is 4. The fourth-order valence-corrected chi connectivity index (χ4v) is 3.68. The normalized spacial score (nSPS) is 20.4. The van der Waals surface area contributed by atoms with E-state index in [1.54, 1.807) is 7.11 Å². The molecule has 0 bridgehead atoms. The van der Waals surface area contributed by atoms with Crippen LogP contribution < -0.4 is 15.4 Å². The van der Waals surface area contributed by atoms with Crippen molar-refractivity contribution in [3.63, 3.8) is 0 Å². The van der Waals surface area contributed by atoms with E-state index in [2.05, 4.69) is 45.6 Å². The molecule has 0 radical (unpaired) electrons. The van der Waals surface area contributed by atoms with E-state index in [0.29, 0.717) is 12.6 Å². The van der Waals surface area contributed by atoms with Gasteiger partial charge in [0.1, 0.15) is 5.75 Å². The highest BCUT2D eigenvalue weighted by molar-refractivity contribution is 5.79. The molecule has 2 aliphatic rings. The number of aliphatic imine (C=N–C) groups is 1. The average molecular weight is 389 g/mol. The van der Waals surface area contributed by atoms with Crippen LogP contribution in [0.3, 0.4) is 0 Å². The molecule has 6 heteroatoms. The summed E-state index contributed by atoms with van der Waals surface area (Å²) in [5.41, 5.74) is 2.41. The topological polar surface area (TPSA) is 58.1 Å². The number of rotatable bonds is 10. The maximum atomic E-state index is 6.08. The van der Waals surface area contributed by atoms with E-state index in [4.69, 9.17) is 9.47 Å². The Hall–Kier alpha value is -1.79. The SMILES string of the molecule is CN=C(NCc1ccc(C)cc1OCC1CC1)NCC1CCCN1CCOC. The molecule has 1 saturated heterocycles. The minimum atomic E-state index is 0.547. The molecule has 1 aliphatic heterocycles. The molecule has 1 aromatic rings. The van der Waals surface area contributed by atoms with Crippen molar-refractivity contribution in [1.82, 2.24) is 15.5 Å². The molecule has 1 aromatic carbocycles. The number of ether oxygens (including phenoxy) is 2. The Bertz CT molecular complexity index is 645. The number of nitrogens with zero attached hydrogens (tertiary/aromatic N) is 2. The van der Waals surface area contributed by atoms with Gasteiger partial charge < -0.3 is 20.1 Å². The van der Waals surface area contributed by atoms with Gasteiger partial charge in [0.25, 0.3) is 0 Å². The van der Waals surface area contributed by atoms with E-state index in [0.717, 1.165) is 50.5 Å². The third-order valence-corrected chi connectivity index (χ3v) is 5.65. The third-order valence-electron chi connectivity index (χ3n) is 5.65. The van der Waals surface area contributed by atoms with Crippen LogP contribution in [0.25, 0.3) is 0 Å². The number of likely N-dealkylation sites (tertiary alicyclic amines) is 1. The zero-order valence-electron chi connectivity index (χ0n) is 17.7. The second-order valence-electron chi connectivity index (χ2n) is 8.00. The molecule has 2 N–H and O–H groups in total. The first-order valence-electron chi connectivity index (χ1n) is 10.6. The van der Waals surface area contributed by atoms with Crippen molar-refractivity contribution in [3.8, 4) is 5.75 Å². The van der Waals surface area contributed by atoms with Crippen LogP contribution in [-0.2, 0) is 11.3 Å². The summed E-state index contributed by atoms with van der Waals surface area (Å²) in [6.07, 6.45) is 5.09. The van der Waals surface area contributed by atoms with Crippen LogP contribution in [0, 0.1) is 12.8 Å². The second kappa shape index (κ2) is 10.7. The largest absolute Gasteiger partial charge is 0.493 e. The van der Waals surface area contributed by atoms with E-state index >= 15 is 0 Å². The number of methoxy groups -OCH3 is 1. The van der Waals surface area contributed by atoms with Crippen LogP contribution in [-0.4, -0.2) is 63.9 Å². The van der Waals surface area contributed by atoms with E-state index in [1.165, 1.54) is 36.8 Å². The van der Waals surface area contributed by atoms with Crippen molar-refractivity contribution in [2.24, 2.45) is 10.9 Å². The smallest absolute Gasteiger partial charge is 0.191 e. The zero-order valence-corrected chi connectivity index (χ0v) is 17.7.